The van der Waals surface area contributed by atoms with E-state index in [-0.39, 0.29) is 5.75 Å². The largest absolute Gasteiger partial charge is 0.435 e. The van der Waals surface area contributed by atoms with Crippen LogP contribution in [0, 0.1) is 18.3 Å². The van der Waals surface area contributed by atoms with Gasteiger partial charge in [-0.2, -0.15) is 14.0 Å². The van der Waals surface area contributed by atoms with Crippen molar-refractivity contribution in [3.05, 3.63) is 45.9 Å². The molecule has 2 aromatic rings. The molecule has 0 fully saturated rings. The van der Waals surface area contributed by atoms with Crippen LogP contribution in [0.1, 0.15) is 16.3 Å². The lowest BCUT2D eigenvalue weighted by molar-refractivity contribution is -0.0498. The fourth-order valence-corrected chi connectivity index (χ4v) is 2.29. The van der Waals surface area contributed by atoms with Gasteiger partial charge in [-0.3, -0.25) is 0 Å². The Hall–Kier alpha value is -2.26. The van der Waals surface area contributed by atoms with Crippen molar-refractivity contribution in [2.75, 3.05) is 0 Å². The molecule has 1 heterocycles. The third-order valence-corrected chi connectivity index (χ3v) is 3.38. The molecule has 0 N–H and O–H groups in total. The number of nitrogens with zero attached hydrogens (tertiary/aromatic N) is 2. The van der Waals surface area contributed by atoms with Crippen LogP contribution in [0.15, 0.2) is 29.6 Å². The minimum Gasteiger partial charge on any atom is -0.435 e. The van der Waals surface area contributed by atoms with Gasteiger partial charge in [0.2, 0.25) is 0 Å². The molecule has 0 amide bonds. The molecule has 2 rings (SSSR count). The summed E-state index contributed by atoms with van der Waals surface area (Å²) in [7, 11) is 0. The molecule has 0 aliphatic carbocycles. The van der Waals surface area contributed by atoms with Gasteiger partial charge in [0, 0.05) is 11.1 Å². The first-order chi connectivity index (χ1) is 9.58. The normalized spacial score (nSPS) is 11.4. The molecule has 0 bridgehead atoms. The first-order valence-corrected chi connectivity index (χ1v) is 6.55. The molecule has 6 heteroatoms. The van der Waals surface area contributed by atoms with Crippen LogP contribution in [0.2, 0.25) is 0 Å². The minimum atomic E-state index is -2.84. The summed E-state index contributed by atoms with van der Waals surface area (Å²) in [5.74, 6) is 0.0840. The molecule has 0 radical (unpaired) electrons. The van der Waals surface area contributed by atoms with Crippen molar-refractivity contribution in [3.63, 3.8) is 0 Å². The number of halogens is 2. The van der Waals surface area contributed by atoms with Gasteiger partial charge in [0.05, 0.1) is 5.57 Å². The maximum atomic E-state index is 12.0. The number of hydrogen-bond donors (Lipinski definition) is 0. The summed E-state index contributed by atoms with van der Waals surface area (Å²) in [6.07, 6.45) is 1.66. The molecule has 1 aromatic heterocycles. The highest BCUT2D eigenvalue weighted by Crippen LogP contribution is 2.22. The zero-order chi connectivity index (χ0) is 14.5. The lowest BCUT2D eigenvalue weighted by Gasteiger charge is -2.04. The fraction of sp³-hybridized carbons (Fsp3) is 0.143. The Labute approximate surface area is 118 Å². The van der Waals surface area contributed by atoms with E-state index in [0.29, 0.717) is 10.6 Å². The average molecular weight is 292 g/mol. The van der Waals surface area contributed by atoms with Crippen molar-refractivity contribution < 1.29 is 13.5 Å². The highest BCUT2D eigenvalue weighted by Gasteiger charge is 2.06. The number of rotatable bonds is 4. The topological polar surface area (TPSA) is 45.9 Å². The smallest absolute Gasteiger partial charge is 0.387 e. The molecule has 0 aliphatic heterocycles. The minimum absolute atomic E-state index is 0.0840. The second-order valence-corrected chi connectivity index (χ2v) is 4.77. The predicted octanol–water partition coefficient (Wildman–Crippen LogP) is 4.12. The monoisotopic (exact) mass is 292 g/mol. The Morgan fingerprint density at radius 1 is 1.40 bits per heavy atom. The van der Waals surface area contributed by atoms with E-state index in [0.717, 1.165) is 11.3 Å². The highest BCUT2D eigenvalue weighted by molar-refractivity contribution is 7.11. The van der Waals surface area contributed by atoms with Crippen molar-refractivity contribution in [2.24, 2.45) is 0 Å². The number of benzene rings is 1. The van der Waals surface area contributed by atoms with E-state index < -0.39 is 6.61 Å². The van der Waals surface area contributed by atoms with Crippen LogP contribution in [-0.4, -0.2) is 11.6 Å². The number of aromatic nitrogens is 1. The number of hydrogen-bond acceptors (Lipinski definition) is 4. The second kappa shape index (κ2) is 6.26. The summed E-state index contributed by atoms with van der Waals surface area (Å²) in [5.41, 5.74) is 2.01. The quantitative estimate of drug-likeness (QED) is 0.796. The summed E-state index contributed by atoms with van der Waals surface area (Å²) < 4.78 is 28.3. The van der Waals surface area contributed by atoms with Crippen molar-refractivity contribution in [2.45, 2.75) is 13.5 Å². The standard InChI is InChI=1S/C14H10F2N2OS/c1-9-8-20-13(18-9)11(7-17)6-10-2-4-12(5-3-10)19-14(15)16/h2-6,8,14H,1H3/b11-6+. The van der Waals surface area contributed by atoms with Gasteiger partial charge in [-0.25, -0.2) is 4.98 Å². The van der Waals surface area contributed by atoms with Gasteiger partial charge >= 0.3 is 6.61 Å². The molecule has 102 valence electrons. The molecule has 20 heavy (non-hydrogen) atoms. The van der Waals surface area contributed by atoms with E-state index in [2.05, 4.69) is 15.8 Å². The lowest BCUT2D eigenvalue weighted by Crippen LogP contribution is -2.01. The number of aryl methyl sites for hydroxylation is 1. The Kier molecular flexibility index (Phi) is 4.43. The summed E-state index contributed by atoms with van der Waals surface area (Å²) in [6, 6.07) is 8.16. The van der Waals surface area contributed by atoms with Gasteiger partial charge < -0.3 is 4.74 Å². The van der Waals surface area contributed by atoms with Crippen LogP contribution in [0.4, 0.5) is 8.78 Å². The van der Waals surface area contributed by atoms with Gasteiger partial charge in [0.1, 0.15) is 16.8 Å². The first-order valence-electron chi connectivity index (χ1n) is 5.67. The van der Waals surface area contributed by atoms with Crippen LogP contribution < -0.4 is 4.74 Å². The number of nitriles is 1. The Morgan fingerprint density at radius 3 is 2.60 bits per heavy atom. The summed E-state index contributed by atoms with van der Waals surface area (Å²) >= 11 is 1.39. The van der Waals surface area contributed by atoms with Gasteiger partial charge in [0.25, 0.3) is 0 Å². The Bertz CT molecular complexity index is 657. The molecular formula is C14H10F2N2OS. The Morgan fingerprint density at radius 2 is 2.10 bits per heavy atom. The predicted molar refractivity (Wildman–Crippen MR) is 73.4 cm³/mol. The van der Waals surface area contributed by atoms with Crippen LogP contribution in [-0.2, 0) is 0 Å². The van der Waals surface area contributed by atoms with E-state index in [1.807, 2.05) is 12.3 Å². The zero-order valence-electron chi connectivity index (χ0n) is 10.5. The summed E-state index contributed by atoms with van der Waals surface area (Å²) in [5, 5.41) is 11.6. The molecular weight excluding hydrogens is 282 g/mol. The van der Waals surface area contributed by atoms with Gasteiger partial charge in [-0.1, -0.05) is 12.1 Å². The van der Waals surface area contributed by atoms with E-state index in [9.17, 15) is 8.78 Å². The van der Waals surface area contributed by atoms with Crippen LogP contribution >= 0.6 is 11.3 Å². The number of alkyl halides is 2. The highest BCUT2D eigenvalue weighted by atomic mass is 32.1. The molecule has 0 spiro atoms. The Balaban J connectivity index is 2.22. The van der Waals surface area contributed by atoms with Crippen LogP contribution in [0.5, 0.6) is 5.75 Å². The van der Waals surface area contributed by atoms with E-state index in [1.54, 1.807) is 18.2 Å². The van der Waals surface area contributed by atoms with E-state index in [4.69, 9.17) is 5.26 Å². The van der Waals surface area contributed by atoms with Crippen LogP contribution in [0.25, 0.3) is 11.6 Å². The maximum Gasteiger partial charge on any atom is 0.387 e. The lowest BCUT2D eigenvalue weighted by atomic mass is 10.1. The number of thiazole rings is 1. The van der Waals surface area contributed by atoms with Crippen LogP contribution in [0.3, 0.4) is 0 Å². The summed E-state index contributed by atoms with van der Waals surface area (Å²) in [4.78, 5) is 4.24. The van der Waals surface area contributed by atoms with Crippen molar-refractivity contribution in [1.82, 2.24) is 4.98 Å². The number of allylic oxidation sites excluding steroid dienone is 1. The zero-order valence-corrected chi connectivity index (χ0v) is 11.3. The van der Waals surface area contributed by atoms with E-state index >= 15 is 0 Å². The van der Waals surface area contributed by atoms with Crippen molar-refractivity contribution in [3.8, 4) is 11.8 Å². The first kappa shape index (κ1) is 14.2. The average Bonchev–Trinajstić information content (AvgIpc) is 2.84. The van der Waals surface area contributed by atoms with Gasteiger partial charge in [-0.15, -0.1) is 11.3 Å². The summed E-state index contributed by atoms with van der Waals surface area (Å²) in [6.45, 7) is -0.991. The molecule has 0 unspecified atom stereocenters. The number of ether oxygens (including phenoxy) is 1. The second-order valence-electron chi connectivity index (χ2n) is 3.91. The van der Waals surface area contributed by atoms with Crippen molar-refractivity contribution >= 4 is 23.0 Å². The van der Waals surface area contributed by atoms with Gasteiger partial charge in [0.15, 0.2) is 0 Å². The molecule has 3 nitrogen and oxygen atoms in total. The molecule has 0 saturated carbocycles. The maximum absolute atomic E-state index is 12.0. The molecule has 1 aromatic carbocycles. The molecule has 0 saturated heterocycles. The SMILES string of the molecule is Cc1csc(/C(C#N)=C/c2ccc(OC(F)F)cc2)n1. The van der Waals surface area contributed by atoms with E-state index in [1.165, 1.54) is 23.5 Å². The molecule has 0 aliphatic rings. The fourth-order valence-electron chi connectivity index (χ4n) is 1.53. The molecule has 0 atom stereocenters. The van der Waals surface area contributed by atoms with Crippen molar-refractivity contribution in [1.29, 1.82) is 5.26 Å². The van der Waals surface area contributed by atoms with Gasteiger partial charge in [-0.05, 0) is 30.7 Å². The third kappa shape index (κ3) is 3.62. The third-order valence-electron chi connectivity index (χ3n) is 2.39.